The molecule has 2 aromatic rings. The Bertz CT molecular complexity index is 1020. The van der Waals surface area contributed by atoms with Crippen molar-refractivity contribution in [2.24, 2.45) is 5.92 Å². The third-order valence-corrected chi connectivity index (χ3v) is 9.73. The van der Waals surface area contributed by atoms with E-state index in [9.17, 15) is 13.2 Å². The molecule has 3 aliphatic rings. The first kappa shape index (κ1) is 18.2. The van der Waals surface area contributed by atoms with E-state index in [-0.39, 0.29) is 23.5 Å². The third-order valence-electron chi connectivity index (χ3n) is 7.15. The van der Waals surface area contributed by atoms with Gasteiger partial charge in [-0.3, -0.25) is 4.79 Å². The summed E-state index contributed by atoms with van der Waals surface area (Å²) < 4.78 is 24.9. The van der Waals surface area contributed by atoms with E-state index in [1.54, 1.807) is 0 Å². The zero-order chi connectivity index (χ0) is 19.4. The molecular weight excluding hydrogens is 370 g/mol. The molecule has 2 aliphatic carbocycles. The van der Waals surface area contributed by atoms with Gasteiger partial charge < -0.3 is 4.90 Å². The standard InChI is InChI=1S/C23H27NO3S/c25-22(24-12-13-28(26,27)23(16-24)10-4-1-5-11-23)21-15-20(21)19-9-8-17-6-2-3-7-18(17)14-19/h2-3,6-9,14,20-21H,1,4-5,10-13,15-16H2. The lowest BCUT2D eigenvalue weighted by atomic mass is 9.87. The first-order valence-corrected chi connectivity index (χ1v) is 12.1. The molecule has 148 valence electrons. The number of nitrogens with zero attached hydrogens (tertiary/aromatic N) is 1. The summed E-state index contributed by atoms with van der Waals surface area (Å²) in [6, 6.07) is 14.8. The molecule has 2 atom stereocenters. The van der Waals surface area contributed by atoms with Crippen LogP contribution in [0.4, 0.5) is 0 Å². The van der Waals surface area contributed by atoms with Crippen LogP contribution in [0.5, 0.6) is 0 Å². The van der Waals surface area contributed by atoms with Crippen LogP contribution < -0.4 is 0 Å². The Kier molecular flexibility index (Phi) is 4.27. The lowest BCUT2D eigenvalue weighted by Crippen LogP contribution is -2.58. The topological polar surface area (TPSA) is 54.5 Å². The molecule has 5 rings (SSSR count). The number of hydrogen-bond acceptors (Lipinski definition) is 3. The van der Waals surface area contributed by atoms with Crippen molar-refractivity contribution in [1.82, 2.24) is 4.90 Å². The summed E-state index contributed by atoms with van der Waals surface area (Å²) in [5.41, 5.74) is 1.23. The molecule has 28 heavy (non-hydrogen) atoms. The van der Waals surface area contributed by atoms with Crippen LogP contribution >= 0.6 is 0 Å². The second-order valence-corrected chi connectivity index (χ2v) is 11.4. The van der Waals surface area contributed by atoms with Crippen LogP contribution in [0.25, 0.3) is 10.8 Å². The zero-order valence-corrected chi connectivity index (χ0v) is 17.0. The van der Waals surface area contributed by atoms with Gasteiger partial charge in [0.2, 0.25) is 5.91 Å². The normalized spacial score (nSPS) is 28.4. The van der Waals surface area contributed by atoms with Gasteiger partial charge in [-0.05, 0) is 41.5 Å². The highest BCUT2D eigenvalue weighted by Crippen LogP contribution is 2.50. The van der Waals surface area contributed by atoms with Crippen molar-refractivity contribution in [2.45, 2.75) is 49.2 Å². The minimum atomic E-state index is -3.10. The van der Waals surface area contributed by atoms with E-state index in [0.29, 0.717) is 13.1 Å². The molecule has 2 aromatic carbocycles. The van der Waals surface area contributed by atoms with Gasteiger partial charge in [0.1, 0.15) is 0 Å². The van der Waals surface area contributed by atoms with Crippen LogP contribution in [-0.4, -0.2) is 42.8 Å². The molecule has 2 unspecified atom stereocenters. The number of carbonyl (C=O) groups excluding carboxylic acids is 1. The molecule has 0 N–H and O–H groups in total. The first-order valence-electron chi connectivity index (χ1n) is 10.5. The maximum atomic E-state index is 13.2. The Morgan fingerprint density at radius 3 is 2.54 bits per heavy atom. The molecule has 5 heteroatoms. The van der Waals surface area contributed by atoms with Crippen molar-refractivity contribution in [3.05, 3.63) is 48.0 Å². The van der Waals surface area contributed by atoms with E-state index in [1.807, 2.05) is 17.0 Å². The van der Waals surface area contributed by atoms with Gasteiger partial charge in [0, 0.05) is 19.0 Å². The Labute approximate surface area is 166 Å². The zero-order valence-electron chi connectivity index (χ0n) is 16.1. The molecule has 1 aliphatic heterocycles. The number of benzene rings is 2. The van der Waals surface area contributed by atoms with Crippen molar-refractivity contribution in [3.8, 4) is 0 Å². The molecule has 1 amide bonds. The third kappa shape index (κ3) is 2.95. The lowest BCUT2D eigenvalue weighted by molar-refractivity contribution is -0.133. The fourth-order valence-electron chi connectivity index (χ4n) is 5.33. The van der Waals surface area contributed by atoms with Crippen LogP contribution in [-0.2, 0) is 14.6 Å². The quantitative estimate of drug-likeness (QED) is 0.772. The van der Waals surface area contributed by atoms with E-state index >= 15 is 0 Å². The average Bonchev–Trinajstić information content (AvgIpc) is 3.51. The number of hydrogen-bond donors (Lipinski definition) is 0. The molecule has 0 aromatic heterocycles. The number of fused-ring (bicyclic) bond motifs is 1. The van der Waals surface area contributed by atoms with Gasteiger partial charge in [-0.15, -0.1) is 0 Å². The largest absolute Gasteiger partial charge is 0.340 e. The first-order chi connectivity index (χ1) is 13.5. The van der Waals surface area contributed by atoms with Gasteiger partial charge in [0.05, 0.1) is 10.5 Å². The summed E-state index contributed by atoms with van der Waals surface area (Å²) in [5, 5.41) is 2.43. The molecule has 0 bridgehead atoms. The number of sulfone groups is 1. The van der Waals surface area contributed by atoms with Crippen molar-refractivity contribution in [1.29, 1.82) is 0 Å². The maximum absolute atomic E-state index is 13.2. The monoisotopic (exact) mass is 397 g/mol. The summed E-state index contributed by atoms with van der Waals surface area (Å²) >= 11 is 0. The van der Waals surface area contributed by atoms with Crippen molar-refractivity contribution < 1.29 is 13.2 Å². The summed E-state index contributed by atoms with van der Waals surface area (Å²) in [7, 11) is -3.10. The van der Waals surface area contributed by atoms with Crippen LogP contribution in [0.15, 0.2) is 42.5 Å². The van der Waals surface area contributed by atoms with Crippen LogP contribution in [0.2, 0.25) is 0 Å². The second kappa shape index (κ2) is 6.58. The highest BCUT2D eigenvalue weighted by Gasteiger charge is 2.52. The van der Waals surface area contributed by atoms with E-state index in [4.69, 9.17) is 0 Å². The van der Waals surface area contributed by atoms with Gasteiger partial charge in [0.15, 0.2) is 9.84 Å². The summed E-state index contributed by atoms with van der Waals surface area (Å²) in [6.07, 6.45) is 5.36. The molecule has 1 spiro atoms. The fraction of sp³-hybridized carbons (Fsp3) is 0.522. The predicted molar refractivity (Wildman–Crippen MR) is 111 cm³/mol. The predicted octanol–water partition coefficient (Wildman–Crippen LogP) is 3.90. The van der Waals surface area contributed by atoms with Crippen molar-refractivity contribution in [3.63, 3.8) is 0 Å². The molecular formula is C23H27NO3S. The summed E-state index contributed by atoms with van der Waals surface area (Å²) in [6.45, 7) is 0.777. The number of rotatable bonds is 2. The fourth-order valence-corrected chi connectivity index (χ4v) is 7.49. The minimum absolute atomic E-state index is 0.0163. The second-order valence-electron chi connectivity index (χ2n) is 8.88. The van der Waals surface area contributed by atoms with E-state index in [2.05, 4.69) is 30.3 Å². The molecule has 0 radical (unpaired) electrons. The molecule has 1 saturated heterocycles. The van der Waals surface area contributed by atoms with Gasteiger partial charge in [-0.1, -0.05) is 61.7 Å². The van der Waals surface area contributed by atoms with Crippen molar-refractivity contribution >= 4 is 26.5 Å². The summed E-state index contributed by atoms with van der Waals surface area (Å²) in [5.74, 6) is 0.588. The van der Waals surface area contributed by atoms with Gasteiger partial charge in [-0.2, -0.15) is 0 Å². The molecule has 2 saturated carbocycles. The van der Waals surface area contributed by atoms with Gasteiger partial charge in [-0.25, -0.2) is 8.42 Å². The smallest absolute Gasteiger partial charge is 0.226 e. The maximum Gasteiger partial charge on any atom is 0.226 e. The van der Waals surface area contributed by atoms with E-state index in [1.165, 1.54) is 16.3 Å². The Morgan fingerprint density at radius 1 is 1.00 bits per heavy atom. The van der Waals surface area contributed by atoms with Crippen LogP contribution in [0, 0.1) is 5.92 Å². The highest BCUT2D eigenvalue weighted by atomic mass is 32.2. The minimum Gasteiger partial charge on any atom is -0.340 e. The Balaban J connectivity index is 1.33. The highest BCUT2D eigenvalue weighted by molar-refractivity contribution is 7.92. The van der Waals surface area contributed by atoms with E-state index < -0.39 is 14.6 Å². The molecule has 3 fully saturated rings. The molecule has 1 heterocycles. The summed E-state index contributed by atoms with van der Waals surface area (Å²) in [4.78, 5) is 15.0. The Hall–Kier alpha value is -1.88. The number of carbonyl (C=O) groups is 1. The number of amides is 1. The van der Waals surface area contributed by atoms with Crippen LogP contribution in [0.1, 0.15) is 50.0 Å². The lowest BCUT2D eigenvalue weighted by Gasteiger charge is -2.44. The SMILES string of the molecule is O=C(C1CC1c1ccc2ccccc2c1)N1CCS(=O)(=O)C2(CCCCC2)C1. The average molecular weight is 398 g/mol. The van der Waals surface area contributed by atoms with Crippen LogP contribution in [0.3, 0.4) is 0 Å². The van der Waals surface area contributed by atoms with Gasteiger partial charge in [0.25, 0.3) is 0 Å². The van der Waals surface area contributed by atoms with Gasteiger partial charge >= 0.3 is 0 Å². The molecule has 4 nitrogen and oxygen atoms in total. The van der Waals surface area contributed by atoms with E-state index in [0.717, 1.165) is 38.5 Å². The van der Waals surface area contributed by atoms with Crippen molar-refractivity contribution in [2.75, 3.05) is 18.8 Å². The Morgan fingerprint density at radius 2 is 1.75 bits per heavy atom.